The summed E-state index contributed by atoms with van der Waals surface area (Å²) in [6, 6.07) is 8.48. The Bertz CT molecular complexity index is 910. The van der Waals surface area contributed by atoms with Crippen LogP contribution in [0.5, 0.6) is 0 Å². The summed E-state index contributed by atoms with van der Waals surface area (Å²) in [4.78, 5) is 0. The van der Waals surface area contributed by atoms with Crippen LogP contribution in [0.3, 0.4) is 0 Å². The van der Waals surface area contributed by atoms with Crippen LogP contribution in [0.4, 0.5) is 8.78 Å². The molecule has 0 heterocycles. The molecule has 0 spiro atoms. The first-order valence-electron chi connectivity index (χ1n) is 10.1. The summed E-state index contributed by atoms with van der Waals surface area (Å²) < 4.78 is 28.5. The molecule has 2 aromatic rings. The van der Waals surface area contributed by atoms with Crippen LogP contribution in [-0.4, -0.2) is 0 Å². The number of nitriles is 1. The number of nitrogens with zero attached hydrogens (tertiary/aromatic N) is 1. The molecule has 2 unspecified atom stereocenters. The highest BCUT2D eigenvalue weighted by Gasteiger charge is 2.28. The maximum Gasteiger partial charge on any atom is 0.141 e. The predicted octanol–water partition coefficient (Wildman–Crippen LogP) is 6.01. The van der Waals surface area contributed by atoms with E-state index in [4.69, 9.17) is 5.26 Å². The van der Waals surface area contributed by atoms with E-state index in [9.17, 15) is 8.78 Å². The Morgan fingerprint density at radius 1 is 1.00 bits per heavy atom. The van der Waals surface area contributed by atoms with Crippen molar-refractivity contribution in [3.8, 4) is 6.07 Å². The molecule has 140 valence electrons. The summed E-state index contributed by atoms with van der Waals surface area (Å²) in [5.74, 6) is -0.282. The summed E-state index contributed by atoms with van der Waals surface area (Å²) in [5, 5.41) is 8.88. The van der Waals surface area contributed by atoms with Gasteiger partial charge in [-0.05, 0) is 90.3 Å². The number of benzene rings is 2. The van der Waals surface area contributed by atoms with Crippen molar-refractivity contribution >= 4 is 0 Å². The second-order valence-corrected chi connectivity index (χ2v) is 8.14. The molecule has 0 amide bonds. The van der Waals surface area contributed by atoms with Crippen molar-refractivity contribution in [3.05, 3.63) is 69.3 Å². The van der Waals surface area contributed by atoms with Crippen molar-refractivity contribution in [2.24, 2.45) is 5.92 Å². The van der Waals surface area contributed by atoms with Crippen LogP contribution in [0.1, 0.15) is 71.9 Å². The fraction of sp³-hybridized carbons (Fsp3) is 0.458. The molecule has 27 heavy (non-hydrogen) atoms. The van der Waals surface area contributed by atoms with Crippen molar-refractivity contribution in [3.63, 3.8) is 0 Å². The van der Waals surface area contributed by atoms with Crippen LogP contribution in [0.2, 0.25) is 0 Å². The van der Waals surface area contributed by atoms with E-state index in [0.717, 1.165) is 37.7 Å². The maximum absolute atomic E-state index is 14.4. The third-order valence-corrected chi connectivity index (χ3v) is 6.49. The Kier molecular flexibility index (Phi) is 5.00. The van der Waals surface area contributed by atoms with Gasteiger partial charge in [0.1, 0.15) is 17.7 Å². The normalized spacial score (nSPS) is 21.3. The summed E-state index contributed by atoms with van der Waals surface area (Å²) in [5.41, 5.74) is 6.00. The molecule has 0 saturated carbocycles. The minimum absolute atomic E-state index is 0.0192. The molecular formula is C24H25F2N. The monoisotopic (exact) mass is 365 g/mol. The Balaban J connectivity index is 1.60. The third-order valence-electron chi connectivity index (χ3n) is 6.49. The molecule has 0 aromatic heterocycles. The number of rotatable bonds is 3. The zero-order valence-electron chi connectivity index (χ0n) is 15.8. The minimum Gasteiger partial charge on any atom is -0.207 e. The highest BCUT2D eigenvalue weighted by Crippen LogP contribution is 2.39. The van der Waals surface area contributed by atoms with E-state index in [1.54, 1.807) is 6.07 Å². The summed E-state index contributed by atoms with van der Waals surface area (Å²) >= 11 is 0. The molecule has 1 nitrogen and oxygen atoms in total. The zero-order valence-corrected chi connectivity index (χ0v) is 15.8. The first-order chi connectivity index (χ1) is 13.1. The Hall–Kier alpha value is -2.21. The van der Waals surface area contributed by atoms with E-state index in [-0.39, 0.29) is 11.5 Å². The van der Waals surface area contributed by atoms with Crippen molar-refractivity contribution < 1.29 is 8.78 Å². The molecule has 2 atom stereocenters. The van der Waals surface area contributed by atoms with Gasteiger partial charge in [-0.1, -0.05) is 31.9 Å². The smallest absolute Gasteiger partial charge is 0.141 e. The molecule has 2 aliphatic carbocycles. The van der Waals surface area contributed by atoms with Gasteiger partial charge in [-0.15, -0.1) is 0 Å². The summed E-state index contributed by atoms with van der Waals surface area (Å²) in [6.07, 6.45) is 8.71. The van der Waals surface area contributed by atoms with E-state index < -0.39 is 11.6 Å². The number of hydrogen-bond acceptors (Lipinski definition) is 1. The Morgan fingerprint density at radius 2 is 1.70 bits per heavy atom. The fourth-order valence-electron chi connectivity index (χ4n) is 5.12. The average molecular weight is 365 g/mol. The number of halogens is 2. The van der Waals surface area contributed by atoms with Crippen molar-refractivity contribution in [1.29, 1.82) is 5.26 Å². The zero-order chi connectivity index (χ0) is 19.0. The van der Waals surface area contributed by atoms with Gasteiger partial charge in [-0.25, -0.2) is 8.78 Å². The maximum atomic E-state index is 14.4. The highest BCUT2D eigenvalue weighted by atomic mass is 19.1. The second-order valence-electron chi connectivity index (χ2n) is 8.14. The molecule has 0 bridgehead atoms. The Labute approximate surface area is 160 Å². The number of fused-ring (bicyclic) bond motifs is 3. The van der Waals surface area contributed by atoms with Gasteiger partial charge < -0.3 is 0 Å². The lowest BCUT2D eigenvalue weighted by atomic mass is 9.73. The van der Waals surface area contributed by atoms with Crippen LogP contribution >= 0.6 is 0 Å². The van der Waals surface area contributed by atoms with Crippen LogP contribution in [-0.2, 0) is 25.7 Å². The first-order valence-corrected chi connectivity index (χ1v) is 10.1. The van der Waals surface area contributed by atoms with Gasteiger partial charge in [0.2, 0.25) is 0 Å². The quantitative estimate of drug-likeness (QED) is 0.653. The SMILES string of the molecule is CCCC1CCc2c(ccc3c2CCC(c2cc(F)c(C#N)cc2F)C3)C1. The average Bonchev–Trinajstić information content (AvgIpc) is 2.69. The number of hydrogen-bond donors (Lipinski definition) is 0. The molecule has 3 heteroatoms. The lowest BCUT2D eigenvalue weighted by Crippen LogP contribution is -2.21. The van der Waals surface area contributed by atoms with Crippen molar-refractivity contribution in [2.75, 3.05) is 0 Å². The molecule has 0 radical (unpaired) electrons. The lowest BCUT2D eigenvalue weighted by Gasteiger charge is -2.32. The molecular weight excluding hydrogens is 340 g/mol. The van der Waals surface area contributed by atoms with Crippen molar-refractivity contribution in [1.82, 2.24) is 0 Å². The van der Waals surface area contributed by atoms with E-state index in [1.165, 1.54) is 54.0 Å². The van der Waals surface area contributed by atoms with Crippen LogP contribution in [0, 0.1) is 28.9 Å². The molecule has 0 N–H and O–H groups in total. The van der Waals surface area contributed by atoms with Crippen LogP contribution in [0.15, 0.2) is 24.3 Å². The lowest BCUT2D eigenvalue weighted by molar-refractivity contribution is 0.419. The van der Waals surface area contributed by atoms with Gasteiger partial charge in [0.15, 0.2) is 0 Å². The van der Waals surface area contributed by atoms with E-state index in [1.807, 2.05) is 0 Å². The van der Waals surface area contributed by atoms with Gasteiger partial charge in [-0.2, -0.15) is 5.26 Å². The second kappa shape index (κ2) is 7.43. The van der Waals surface area contributed by atoms with E-state index in [0.29, 0.717) is 5.56 Å². The van der Waals surface area contributed by atoms with Gasteiger partial charge in [-0.3, -0.25) is 0 Å². The molecule has 4 rings (SSSR count). The molecule has 2 aromatic carbocycles. The Morgan fingerprint density at radius 3 is 2.41 bits per heavy atom. The largest absolute Gasteiger partial charge is 0.207 e. The molecule has 0 aliphatic heterocycles. The summed E-state index contributed by atoms with van der Waals surface area (Å²) in [7, 11) is 0. The van der Waals surface area contributed by atoms with Crippen LogP contribution < -0.4 is 0 Å². The van der Waals surface area contributed by atoms with E-state index >= 15 is 0 Å². The predicted molar refractivity (Wildman–Crippen MR) is 103 cm³/mol. The highest BCUT2D eigenvalue weighted by molar-refractivity contribution is 5.46. The molecule has 2 aliphatic rings. The minimum atomic E-state index is -0.618. The standard InChI is InChI=1S/C24H25F2N/c1-2-3-15-4-8-20-16(10-15)5-6-17-11-18(7-9-21(17)20)22-13-23(25)19(14-27)12-24(22)26/h5-6,12-13,15,18H,2-4,7-11H2,1H3. The molecule has 0 saturated heterocycles. The fourth-order valence-corrected chi connectivity index (χ4v) is 5.12. The van der Waals surface area contributed by atoms with Gasteiger partial charge in [0, 0.05) is 0 Å². The van der Waals surface area contributed by atoms with Crippen LogP contribution in [0.25, 0.3) is 0 Å². The van der Waals surface area contributed by atoms with Gasteiger partial charge in [0.05, 0.1) is 5.56 Å². The van der Waals surface area contributed by atoms with Crippen molar-refractivity contribution in [2.45, 2.75) is 64.2 Å². The van der Waals surface area contributed by atoms with E-state index in [2.05, 4.69) is 19.1 Å². The molecule has 0 fully saturated rings. The summed E-state index contributed by atoms with van der Waals surface area (Å²) in [6.45, 7) is 2.26. The first kappa shape index (κ1) is 18.2. The topological polar surface area (TPSA) is 23.8 Å². The third kappa shape index (κ3) is 3.38. The van der Waals surface area contributed by atoms with Gasteiger partial charge >= 0.3 is 0 Å². The van der Waals surface area contributed by atoms with Gasteiger partial charge in [0.25, 0.3) is 0 Å².